The maximum Gasteiger partial charge on any atom is 0.223 e. The maximum atomic E-state index is 11.6. The number of rotatable bonds is 2. The fourth-order valence-corrected chi connectivity index (χ4v) is 2.12. The highest BCUT2D eigenvalue weighted by Crippen LogP contribution is 2.45. The lowest BCUT2D eigenvalue weighted by atomic mass is 9.75. The molecule has 1 N–H and O–H groups in total. The molecule has 0 heterocycles. The van der Waals surface area contributed by atoms with E-state index >= 15 is 0 Å². The van der Waals surface area contributed by atoms with Gasteiger partial charge in [0.05, 0.1) is 0 Å². The number of nitrogens with one attached hydrogen (secondary N) is 1. The molecule has 1 amide bonds. The zero-order valence-corrected chi connectivity index (χ0v) is 8.76. The molecule has 1 atom stereocenters. The van der Waals surface area contributed by atoms with Gasteiger partial charge in [0.1, 0.15) is 0 Å². The van der Waals surface area contributed by atoms with Gasteiger partial charge in [-0.05, 0) is 30.6 Å². The molecular weight excluding hydrogens is 162 g/mol. The van der Waals surface area contributed by atoms with Gasteiger partial charge in [-0.1, -0.05) is 20.8 Å². The average molecular weight is 181 g/mol. The standard InChI is InChI=1S/C11H19NO/c1-7-4-8(5-7)10(13)12-9-6-11(9,2)3/h7-9H,4-6H2,1-3H3,(H,12,13). The summed E-state index contributed by atoms with van der Waals surface area (Å²) in [5, 5.41) is 3.13. The zero-order valence-electron chi connectivity index (χ0n) is 8.76. The molecule has 2 heteroatoms. The summed E-state index contributed by atoms with van der Waals surface area (Å²) >= 11 is 0. The first-order chi connectivity index (χ1) is 5.99. The van der Waals surface area contributed by atoms with Crippen LogP contribution in [0, 0.1) is 17.3 Å². The van der Waals surface area contributed by atoms with E-state index in [-0.39, 0.29) is 0 Å². The quantitative estimate of drug-likeness (QED) is 0.693. The summed E-state index contributed by atoms with van der Waals surface area (Å²) in [4.78, 5) is 11.6. The van der Waals surface area contributed by atoms with Crippen molar-refractivity contribution < 1.29 is 4.79 Å². The van der Waals surface area contributed by atoms with Gasteiger partial charge in [0.15, 0.2) is 0 Å². The molecule has 0 saturated heterocycles. The Balaban J connectivity index is 1.74. The summed E-state index contributed by atoms with van der Waals surface area (Å²) < 4.78 is 0. The Bertz CT molecular complexity index is 228. The second kappa shape index (κ2) is 2.73. The van der Waals surface area contributed by atoms with Crippen LogP contribution in [0.2, 0.25) is 0 Å². The van der Waals surface area contributed by atoms with Crippen molar-refractivity contribution in [2.75, 3.05) is 0 Å². The second-order valence-electron chi connectivity index (χ2n) is 5.53. The third-order valence-electron chi connectivity index (χ3n) is 3.57. The molecule has 2 saturated carbocycles. The van der Waals surface area contributed by atoms with Crippen LogP contribution in [-0.2, 0) is 4.79 Å². The largest absolute Gasteiger partial charge is 0.353 e. The van der Waals surface area contributed by atoms with E-state index in [0.717, 1.165) is 25.2 Å². The number of carbonyl (C=O) groups excluding carboxylic acids is 1. The van der Waals surface area contributed by atoms with E-state index in [1.165, 1.54) is 0 Å². The number of hydrogen-bond acceptors (Lipinski definition) is 1. The molecule has 1 unspecified atom stereocenters. The Morgan fingerprint density at radius 3 is 2.31 bits per heavy atom. The lowest BCUT2D eigenvalue weighted by Gasteiger charge is -2.31. The third-order valence-corrected chi connectivity index (χ3v) is 3.57. The summed E-state index contributed by atoms with van der Waals surface area (Å²) in [5.74, 6) is 1.39. The van der Waals surface area contributed by atoms with Crippen LogP contribution in [0.1, 0.15) is 40.0 Å². The average Bonchev–Trinajstić information content (AvgIpc) is 2.52. The predicted molar refractivity (Wildman–Crippen MR) is 52.2 cm³/mol. The van der Waals surface area contributed by atoms with Crippen LogP contribution in [0.3, 0.4) is 0 Å². The summed E-state index contributed by atoms with van der Waals surface area (Å²) in [6.45, 7) is 6.63. The molecule has 0 radical (unpaired) electrons. The van der Waals surface area contributed by atoms with Gasteiger partial charge < -0.3 is 5.32 Å². The molecule has 2 rings (SSSR count). The first-order valence-corrected chi connectivity index (χ1v) is 5.29. The number of hydrogen-bond donors (Lipinski definition) is 1. The fraction of sp³-hybridized carbons (Fsp3) is 0.909. The molecule has 2 aliphatic carbocycles. The van der Waals surface area contributed by atoms with E-state index in [2.05, 4.69) is 26.1 Å². The first-order valence-electron chi connectivity index (χ1n) is 5.29. The summed E-state index contributed by atoms with van der Waals surface area (Å²) in [6.07, 6.45) is 3.35. The van der Waals surface area contributed by atoms with Crippen LogP contribution in [-0.4, -0.2) is 11.9 Å². The van der Waals surface area contributed by atoms with E-state index in [4.69, 9.17) is 0 Å². The van der Waals surface area contributed by atoms with Crippen LogP contribution in [0.15, 0.2) is 0 Å². The van der Waals surface area contributed by atoms with Crippen LogP contribution in [0.25, 0.3) is 0 Å². The highest BCUT2D eigenvalue weighted by Gasteiger charge is 2.47. The molecule has 0 aromatic heterocycles. The van der Waals surface area contributed by atoms with Crippen LogP contribution < -0.4 is 5.32 Å². The lowest BCUT2D eigenvalue weighted by Crippen LogP contribution is -2.39. The highest BCUT2D eigenvalue weighted by molar-refractivity contribution is 5.80. The summed E-state index contributed by atoms with van der Waals surface area (Å²) in [6, 6.07) is 0.455. The van der Waals surface area contributed by atoms with Crippen molar-refractivity contribution in [1.29, 1.82) is 0 Å². The van der Waals surface area contributed by atoms with E-state index in [1.807, 2.05) is 0 Å². The van der Waals surface area contributed by atoms with Crippen LogP contribution in [0.4, 0.5) is 0 Å². The van der Waals surface area contributed by atoms with E-state index in [9.17, 15) is 4.79 Å². The minimum atomic E-state index is 0.300. The normalized spacial score (nSPS) is 40.7. The van der Waals surface area contributed by atoms with Crippen molar-refractivity contribution in [3.05, 3.63) is 0 Å². The highest BCUT2D eigenvalue weighted by atomic mass is 16.2. The van der Waals surface area contributed by atoms with Gasteiger partial charge in [0.2, 0.25) is 5.91 Å². The molecule has 0 bridgehead atoms. The van der Waals surface area contributed by atoms with Gasteiger partial charge in [-0.25, -0.2) is 0 Å². The van der Waals surface area contributed by atoms with Crippen molar-refractivity contribution in [3.8, 4) is 0 Å². The Kier molecular flexibility index (Phi) is 1.90. The SMILES string of the molecule is CC1CC(C(=O)NC2CC2(C)C)C1. The molecule has 2 aliphatic rings. The molecule has 2 nitrogen and oxygen atoms in total. The van der Waals surface area contributed by atoms with Gasteiger partial charge >= 0.3 is 0 Å². The third kappa shape index (κ3) is 1.72. The van der Waals surface area contributed by atoms with Crippen molar-refractivity contribution >= 4 is 5.91 Å². The van der Waals surface area contributed by atoms with Crippen molar-refractivity contribution in [2.45, 2.75) is 46.1 Å². The molecule has 74 valence electrons. The fourth-order valence-electron chi connectivity index (χ4n) is 2.12. The number of amides is 1. The molecule has 2 fully saturated rings. The van der Waals surface area contributed by atoms with Gasteiger partial charge in [-0.2, -0.15) is 0 Å². The van der Waals surface area contributed by atoms with E-state index < -0.39 is 0 Å². The van der Waals surface area contributed by atoms with E-state index in [1.54, 1.807) is 0 Å². The van der Waals surface area contributed by atoms with Gasteiger partial charge in [0.25, 0.3) is 0 Å². The Hall–Kier alpha value is -0.530. The van der Waals surface area contributed by atoms with Crippen LogP contribution in [0.5, 0.6) is 0 Å². The molecule has 0 spiro atoms. The first kappa shape index (κ1) is 9.04. The topological polar surface area (TPSA) is 29.1 Å². The van der Waals surface area contributed by atoms with Crippen molar-refractivity contribution in [1.82, 2.24) is 5.32 Å². The van der Waals surface area contributed by atoms with Gasteiger partial charge in [0, 0.05) is 12.0 Å². The molecule has 0 aliphatic heterocycles. The van der Waals surface area contributed by atoms with Crippen LogP contribution >= 0.6 is 0 Å². The van der Waals surface area contributed by atoms with Crippen molar-refractivity contribution in [2.24, 2.45) is 17.3 Å². The predicted octanol–water partition coefficient (Wildman–Crippen LogP) is 1.95. The monoisotopic (exact) mass is 181 g/mol. The molecule has 13 heavy (non-hydrogen) atoms. The summed E-state index contributed by atoms with van der Waals surface area (Å²) in [5.41, 5.74) is 0.366. The smallest absolute Gasteiger partial charge is 0.223 e. The Labute approximate surface area is 80.1 Å². The minimum Gasteiger partial charge on any atom is -0.353 e. The number of carbonyl (C=O) groups is 1. The van der Waals surface area contributed by atoms with E-state index in [0.29, 0.717) is 23.3 Å². The molecule has 0 aromatic carbocycles. The molecule has 0 aromatic rings. The minimum absolute atomic E-state index is 0.300. The Morgan fingerprint density at radius 1 is 1.38 bits per heavy atom. The molecular formula is C11H19NO. The summed E-state index contributed by atoms with van der Waals surface area (Å²) in [7, 11) is 0. The zero-order chi connectivity index (χ0) is 9.64. The maximum absolute atomic E-state index is 11.6. The van der Waals surface area contributed by atoms with Crippen molar-refractivity contribution in [3.63, 3.8) is 0 Å². The second-order valence-corrected chi connectivity index (χ2v) is 5.53. The Morgan fingerprint density at radius 2 is 1.92 bits per heavy atom. The van der Waals surface area contributed by atoms with Gasteiger partial charge in [-0.15, -0.1) is 0 Å². The lowest BCUT2D eigenvalue weighted by molar-refractivity contribution is -0.129. The van der Waals surface area contributed by atoms with Gasteiger partial charge in [-0.3, -0.25) is 4.79 Å².